The number of aromatic carboxylic acids is 1. The third kappa shape index (κ3) is 2.17. The third-order valence-corrected chi connectivity index (χ3v) is 2.67. The van der Waals surface area contributed by atoms with Crippen LogP contribution in [0.25, 0.3) is 10.9 Å². The van der Waals surface area contributed by atoms with Crippen LogP contribution in [0.2, 0.25) is 0 Å². The second-order valence-electron chi connectivity index (χ2n) is 3.87. The maximum absolute atomic E-state index is 13.1. The first-order valence-corrected chi connectivity index (χ1v) is 5.24. The van der Waals surface area contributed by atoms with Crippen molar-refractivity contribution in [2.45, 2.75) is 12.8 Å². The molecule has 5 nitrogen and oxygen atoms in total. The van der Waals surface area contributed by atoms with Crippen LogP contribution >= 0.6 is 0 Å². The number of carboxylic acid groups (broad SMARTS) is 2. The molecule has 18 heavy (non-hydrogen) atoms. The van der Waals surface area contributed by atoms with E-state index >= 15 is 0 Å². The number of carboxylic acids is 2. The van der Waals surface area contributed by atoms with E-state index in [0.717, 1.165) is 0 Å². The monoisotopic (exact) mass is 251 g/mol. The smallest absolute Gasteiger partial charge is 0.352 e. The van der Waals surface area contributed by atoms with Crippen molar-refractivity contribution in [2.24, 2.45) is 0 Å². The van der Waals surface area contributed by atoms with Gasteiger partial charge in [0.1, 0.15) is 11.5 Å². The summed E-state index contributed by atoms with van der Waals surface area (Å²) in [6.45, 7) is 0. The molecule has 0 atom stereocenters. The number of H-pyrrole nitrogens is 1. The summed E-state index contributed by atoms with van der Waals surface area (Å²) in [4.78, 5) is 24.3. The number of carbonyl (C=O) groups is 2. The van der Waals surface area contributed by atoms with Crippen molar-refractivity contribution in [1.29, 1.82) is 0 Å². The molecular weight excluding hydrogens is 241 g/mol. The van der Waals surface area contributed by atoms with Gasteiger partial charge in [-0.15, -0.1) is 0 Å². The van der Waals surface area contributed by atoms with Crippen molar-refractivity contribution in [3.05, 3.63) is 35.3 Å². The summed E-state index contributed by atoms with van der Waals surface area (Å²) < 4.78 is 13.1. The molecule has 0 spiro atoms. The number of aryl methyl sites for hydroxylation is 1. The largest absolute Gasteiger partial charge is 0.481 e. The Hall–Kier alpha value is -2.37. The fourth-order valence-electron chi connectivity index (χ4n) is 1.89. The lowest BCUT2D eigenvalue weighted by Gasteiger charge is -1.99. The Labute approximate surface area is 101 Å². The minimum atomic E-state index is -1.19. The first kappa shape index (κ1) is 12.1. The van der Waals surface area contributed by atoms with Gasteiger partial charge in [0, 0.05) is 17.3 Å². The highest BCUT2D eigenvalue weighted by atomic mass is 19.1. The summed E-state index contributed by atoms with van der Waals surface area (Å²) in [5.74, 6) is -2.71. The molecule has 94 valence electrons. The summed E-state index contributed by atoms with van der Waals surface area (Å²) in [5, 5.41) is 18.1. The summed E-state index contributed by atoms with van der Waals surface area (Å²) >= 11 is 0. The molecular formula is C12H10FNO4. The van der Waals surface area contributed by atoms with E-state index in [2.05, 4.69) is 4.98 Å². The molecule has 2 rings (SSSR count). The van der Waals surface area contributed by atoms with Gasteiger partial charge in [0.15, 0.2) is 0 Å². The van der Waals surface area contributed by atoms with E-state index in [1.807, 2.05) is 0 Å². The molecule has 0 fully saturated rings. The maximum atomic E-state index is 13.1. The number of nitrogens with one attached hydrogen (secondary N) is 1. The van der Waals surface area contributed by atoms with Crippen molar-refractivity contribution in [3.63, 3.8) is 0 Å². The minimum absolute atomic E-state index is 0.0421. The lowest BCUT2D eigenvalue weighted by atomic mass is 10.1. The fourth-order valence-corrected chi connectivity index (χ4v) is 1.89. The fraction of sp³-hybridized carbons (Fsp3) is 0.167. The molecule has 0 unspecified atom stereocenters. The number of rotatable bonds is 4. The highest BCUT2D eigenvalue weighted by molar-refractivity contribution is 5.97. The van der Waals surface area contributed by atoms with Gasteiger partial charge in [0.2, 0.25) is 0 Å². The number of hydrogen-bond donors (Lipinski definition) is 3. The second kappa shape index (κ2) is 4.48. The van der Waals surface area contributed by atoms with Gasteiger partial charge in [-0.3, -0.25) is 4.79 Å². The lowest BCUT2D eigenvalue weighted by molar-refractivity contribution is -0.136. The summed E-state index contributed by atoms with van der Waals surface area (Å²) in [7, 11) is 0. The van der Waals surface area contributed by atoms with Crippen LogP contribution in [0.5, 0.6) is 0 Å². The molecule has 0 saturated carbocycles. The van der Waals surface area contributed by atoms with E-state index in [1.54, 1.807) is 0 Å². The molecule has 0 aliphatic rings. The first-order chi connectivity index (χ1) is 8.49. The highest BCUT2D eigenvalue weighted by Gasteiger charge is 2.18. The molecule has 0 bridgehead atoms. The van der Waals surface area contributed by atoms with Crippen LogP contribution < -0.4 is 0 Å². The van der Waals surface area contributed by atoms with E-state index in [9.17, 15) is 14.0 Å². The topological polar surface area (TPSA) is 90.4 Å². The van der Waals surface area contributed by atoms with Crippen molar-refractivity contribution in [3.8, 4) is 0 Å². The third-order valence-electron chi connectivity index (χ3n) is 2.67. The molecule has 2 aromatic rings. The van der Waals surface area contributed by atoms with Crippen LogP contribution in [0.3, 0.4) is 0 Å². The van der Waals surface area contributed by atoms with Crippen molar-refractivity contribution in [2.75, 3.05) is 0 Å². The van der Waals surface area contributed by atoms with Crippen molar-refractivity contribution >= 4 is 22.8 Å². The summed E-state index contributed by atoms with van der Waals surface area (Å²) in [6, 6.07) is 3.85. The minimum Gasteiger partial charge on any atom is -0.481 e. The Balaban J connectivity index is 2.57. The van der Waals surface area contributed by atoms with Gasteiger partial charge in [0.25, 0.3) is 0 Å². The summed E-state index contributed by atoms with van der Waals surface area (Å²) in [5.41, 5.74) is 0.713. The predicted molar refractivity (Wildman–Crippen MR) is 61.2 cm³/mol. The number of aromatic amines is 1. The Morgan fingerprint density at radius 1 is 1.28 bits per heavy atom. The molecule has 0 saturated heterocycles. The molecule has 0 radical (unpaired) electrons. The average molecular weight is 251 g/mol. The van der Waals surface area contributed by atoms with Crippen molar-refractivity contribution < 1.29 is 24.2 Å². The highest BCUT2D eigenvalue weighted by Crippen LogP contribution is 2.24. The SMILES string of the molecule is O=C(O)CCc1c(C(=O)O)[nH]c2ccc(F)cc12. The van der Waals surface area contributed by atoms with Gasteiger partial charge >= 0.3 is 11.9 Å². The first-order valence-electron chi connectivity index (χ1n) is 5.24. The molecule has 0 amide bonds. The Morgan fingerprint density at radius 2 is 2.00 bits per heavy atom. The zero-order chi connectivity index (χ0) is 13.3. The number of aromatic nitrogens is 1. The number of halogens is 1. The average Bonchev–Trinajstić information content (AvgIpc) is 2.64. The van der Waals surface area contributed by atoms with Crippen LogP contribution in [0.15, 0.2) is 18.2 Å². The number of hydrogen-bond acceptors (Lipinski definition) is 2. The molecule has 3 N–H and O–H groups in total. The number of aliphatic carboxylic acids is 1. The zero-order valence-corrected chi connectivity index (χ0v) is 9.24. The van der Waals surface area contributed by atoms with Crippen LogP contribution in [-0.2, 0) is 11.2 Å². The van der Waals surface area contributed by atoms with Gasteiger partial charge in [-0.2, -0.15) is 0 Å². The van der Waals surface area contributed by atoms with Crippen LogP contribution in [0.4, 0.5) is 4.39 Å². The van der Waals surface area contributed by atoms with Crippen molar-refractivity contribution in [1.82, 2.24) is 4.98 Å². The van der Waals surface area contributed by atoms with Gasteiger partial charge in [0.05, 0.1) is 0 Å². The lowest BCUT2D eigenvalue weighted by Crippen LogP contribution is -2.04. The summed E-state index contributed by atoms with van der Waals surface area (Å²) in [6.07, 6.45) is -0.163. The molecule has 0 aliphatic carbocycles. The Kier molecular flexibility index (Phi) is 3.01. The quantitative estimate of drug-likeness (QED) is 0.775. The molecule has 1 heterocycles. The van der Waals surface area contributed by atoms with Crippen LogP contribution in [0, 0.1) is 5.82 Å². The molecule has 1 aromatic carbocycles. The van der Waals surface area contributed by atoms with Gasteiger partial charge in [-0.05, 0) is 30.2 Å². The predicted octanol–water partition coefficient (Wildman–Crippen LogP) is 2.02. The Bertz CT molecular complexity index is 632. The molecule has 0 aliphatic heterocycles. The van der Waals surface area contributed by atoms with Crippen LogP contribution in [-0.4, -0.2) is 27.1 Å². The van der Waals surface area contributed by atoms with Gasteiger partial charge in [-0.1, -0.05) is 0 Å². The van der Waals surface area contributed by atoms with E-state index in [0.29, 0.717) is 16.5 Å². The maximum Gasteiger partial charge on any atom is 0.352 e. The normalized spacial score (nSPS) is 10.7. The number of benzene rings is 1. The second-order valence-corrected chi connectivity index (χ2v) is 3.87. The standard InChI is InChI=1S/C12H10FNO4/c13-6-1-3-9-8(5-6)7(2-4-10(15)16)11(14-9)12(17)18/h1,3,5,14H,2,4H2,(H,15,16)(H,17,18). The zero-order valence-electron chi connectivity index (χ0n) is 9.24. The van der Waals surface area contributed by atoms with Gasteiger partial charge < -0.3 is 15.2 Å². The van der Waals surface area contributed by atoms with Crippen LogP contribution in [0.1, 0.15) is 22.5 Å². The number of fused-ring (bicyclic) bond motifs is 1. The molecule has 6 heteroatoms. The van der Waals surface area contributed by atoms with E-state index in [-0.39, 0.29) is 18.5 Å². The molecule has 1 aromatic heterocycles. The van der Waals surface area contributed by atoms with Gasteiger partial charge in [-0.25, -0.2) is 9.18 Å². The van der Waals surface area contributed by atoms with E-state index in [1.165, 1.54) is 18.2 Å². The van der Waals surface area contributed by atoms with E-state index in [4.69, 9.17) is 10.2 Å². The Morgan fingerprint density at radius 3 is 2.61 bits per heavy atom. The van der Waals surface area contributed by atoms with E-state index < -0.39 is 17.8 Å².